The number of carbonyl (C=O) groups is 2. The summed E-state index contributed by atoms with van der Waals surface area (Å²) in [6.07, 6.45) is 6.77. The van der Waals surface area contributed by atoms with Gasteiger partial charge in [0.05, 0.1) is 6.54 Å². The Balaban J connectivity index is 1.57. The van der Waals surface area contributed by atoms with Crippen molar-refractivity contribution in [3.05, 3.63) is 52.5 Å². The molecular formula is C28H33BrN2O4. The van der Waals surface area contributed by atoms with Crippen LogP contribution in [0.1, 0.15) is 71.3 Å². The molecule has 35 heavy (non-hydrogen) atoms. The third-order valence-electron chi connectivity index (χ3n) is 6.91. The number of aliphatic carboxylic acids is 1. The van der Waals surface area contributed by atoms with Crippen LogP contribution >= 0.6 is 15.9 Å². The van der Waals surface area contributed by atoms with E-state index in [9.17, 15) is 14.7 Å². The third-order valence-corrected chi connectivity index (χ3v) is 7.40. The van der Waals surface area contributed by atoms with Crippen LogP contribution in [0, 0.1) is 0 Å². The molecule has 186 valence electrons. The summed E-state index contributed by atoms with van der Waals surface area (Å²) < 4.78 is 6.75. The van der Waals surface area contributed by atoms with Gasteiger partial charge in [0.25, 0.3) is 5.91 Å². The van der Waals surface area contributed by atoms with Gasteiger partial charge in [-0.25, -0.2) is 4.79 Å². The Hall–Kier alpha value is -2.67. The highest BCUT2D eigenvalue weighted by atomic mass is 79.9. The molecule has 1 aliphatic heterocycles. The van der Waals surface area contributed by atoms with Crippen LogP contribution in [0.15, 0.2) is 51.9 Å². The normalized spacial score (nSPS) is 17.2. The van der Waals surface area contributed by atoms with E-state index in [-0.39, 0.29) is 5.91 Å². The molecule has 1 saturated carbocycles. The molecule has 0 atom stereocenters. The maximum absolute atomic E-state index is 13.4. The lowest BCUT2D eigenvalue weighted by Gasteiger charge is -2.24. The van der Waals surface area contributed by atoms with Crippen LogP contribution in [0.4, 0.5) is 0 Å². The Labute approximate surface area is 215 Å². The molecule has 2 aromatic rings. The van der Waals surface area contributed by atoms with Crippen molar-refractivity contribution in [1.29, 1.82) is 0 Å². The second-order valence-electron chi connectivity index (χ2n) is 10.0. The zero-order valence-corrected chi connectivity index (χ0v) is 22.2. The lowest BCUT2D eigenvalue weighted by Crippen LogP contribution is -2.40. The van der Waals surface area contributed by atoms with Crippen molar-refractivity contribution in [3.8, 4) is 16.9 Å². The number of halogens is 1. The second kappa shape index (κ2) is 10.1. The van der Waals surface area contributed by atoms with Crippen LogP contribution in [0.3, 0.4) is 0 Å². The lowest BCUT2D eigenvalue weighted by atomic mass is 9.98. The summed E-state index contributed by atoms with van der Waals surface area (Å²) in [4.78, 5) is 31.9. The van der Waals surface area contributed by atoms with E-state index in [0.717, 1.165) is 71.9 Å². The Bertz CT molecular complexity index is 1130. The average molecular weight is 541 g/mol. The number of hydrogen-bond donors (Lipinski definition) is 1. The fourth-order valence-corrected chi connectivity index (χ4v) is 5.17. The summed E-state index contributed by atoms with van der Waals surface area (Å²) in [5.74, 6) is 0.558. The van der Waals surface area contributed by atoms with E-state index in [1.807, 2.05) is 41.3 Å². The predicted molar refractivity (Wildman–Crippen MR) is 141 cm³/mol. The quantitative estimate of drug-likeness (QED) is 0.388. The number of benzene rings is 2. The molecule has 1 aliphatic carbocycles. The summed E-state index contributed by atoms with van der Waals surface area (Å²) in [5, 5.41) is 9.49. The van der Waals surface area contributed by atoms with Gasteiger partial charge in [-0.1, -0.05) is 66.4 Å². The van der Waals surface area contributed by atoms with Gasteiger partial charge in [0, 0.05) is 16.5 Å². The molecule has 4 rings (SSSR count). The number of carbonyl (C=O) groups excluding carboxylic acids is 1. The van der Waals surface area contributed by atoms with Gasteiger partial charge < -0.3 is 9.84 Å². The predicted octanol–water partition coefficient (Wildman–Crippen LogP) is 6.60. The summed E-state index contributed by atoms with van der Waals surface area (Å²) in [6, 6.07) is 13.6. The molecule has 1 amide bonds. The number of carboxylic acid groups (broad SMARTS) is 1. The number of nitrogens with zero attached hydrogens (tertiary/aromatic N) is 2. The zero-order chi connectivity index (χ0) is 25.2. The minimum atomic E-state index is -1.36. The summed E-state index contributed by atoms with van der Waals surface area (Å²) in [6.45, 7) is 5.73. The van der Waals surface area contributed by atoms with E-state index in [2.05, 4.69) is 22.9 Å². The van der Waals surface area contributed by atoms with Crippen molar-refractivity contribution < 1.29 is 19.4 Å². The number of aliphatic imine (C=N–C) groups is 1. The largest absolute Gasteiger partial charge is 0.478 e. The molecule has 1 N–H and O–H groups in total. The number of rotatable bonds is 9. The van der Waals surface area contributed by atoms with E-state index in [1.54, 1.807) is 6.07 Å². The summed E-state index contributed by atoms with van der Waals surface area (Å²) >= 11 is 3.51. The van der Waals surface area contributed by atoms with Crippen LogP contribution in [0.5, 0.6) is 5.75 Å². The number of amides is 1. The first-order valence-electron chi connectivity index (χ1n) is 12.4. The number of ether oxygens (including phenoxy) is 1. The minimum absolute atomic E-state index is 0.156. The van der Waals surface area contributed by atoms with Crippen molar-refractivity contribution in [2.24, 2.45) is 4.99 Å². The third kappa shape index (κ3) is 5.30. The van der Waals surface area contributed by atoms with E-state index in [1.165, 1.54) is 13.8 Å². The zero-order valence-electron chi connectivity index (χ0n) is 20.6. The van der Waals surface area contributed by atoms with Crippen molar-refractivity contribution >= 4 is 33.6 Å². The Morgan fingerprint density at radius 2 is 1.86 bits per heavy atom. The molecule has 2 aromatic carbocycles. The standard InChI is InChI=1S/C28H33BrN2O4/c1-4-5-8-24-30-28(15-6-7-16-28)25(32)31(24)18-19-9-11-20(12-10-19)22-17-21(29)13-14-23(22)35-27(2,3)26(33)34/h9-14,17H,4-8,15-16,18H2,1-3H3,(H,33,34). The van der Waals surface area contributed by atoms with Gasteiger partial charge >= 0.3 is 5.97 Å². The number of carboxylic acids is 1. The van der Waals surface area contributed by atoms with E-state index >= 15 is 0 Å². The topological polar surface area (TPSA) is 79.2 Å². The Morgan fingerprint density at radius 1 is 1.17 bits per heavy atom. The fourth-order valence-electron chi connectivity index (χ4n) is 4.81. The molecule has 6 nitrogen and oxygen atoms in total. The molecule has 7 heteroatoms. The van der Waals surface area contributed by atoms with Gasteiger partial charge in [-0.15, -0.1) is 0 Å². The van der Waals surface area contributed by atoms with E-state index in [0.29, 0.717) is 12.3 Å². The van der Waals surface area contributed by atoms with E-state index < -0.39 is 17.1 Å². The van der Waals surface area contributed by atoms with Crippen LogP contribution in [0.2, 0.25) is 0 Å². The van der Waals surface area contributed by atoms with Gasteiger partial charge in [-0.2, -0.15) is 0 Å². The molecule has 0 aromatic heterocycles. The molecule has 0 bridgehead atoms. The molecule has 0 radical (unpaired) electrons. The van der Waals surface area contributed by atoms with Gasteiger partial charge in [-0.3, -0.25) is 14.7 Å². The van der Waals surface area contributed by atoms with Crippen LogP contribution < -0.4 is 4.74 Å². The highest BCUT2D eigenvalue weighted by molar-refractivity contribution is 9.10. The molecule has 0 saturated heterocycles. The monoisotopic (exact) mass is 540 g/mol. The number of amidine groups is 1. The van der Waals surface area contributed by atoms with E-state index in [4.69, 9.17) is 9.73 Å². The molecule has 1 fully saturated rings. The summed E-state index contributed by atoms with van der Waals surface area (Å²) in [5.41, 5.74) is 0.856. The van der Waals surface area contributed by atoms with Gasteiger partial charge in [0.2, 0.25) is 0 Å². The van der Waals surface area contributed by atoms with Gasteiger partial charge in [0.15, 0.2) is 5.60 Å². The van der Waals surface area contributed by atoms with Crippen LogP contribution in [-0.2, 0) is 16.1 Å². The van der Waals surface area contributed by atoms with Gasteiger partial charge in [-0.05, 0) is 62.4 Å². The average Bonchev–Trinajstić information content (AvgIpc) is 3.40. The Kier molecular flexibility index (Phi) is 7.36. The first-order chi connectivity index (χ1) is 16.6. The minimum Gasteiger partial charge on any atom is -0.478 e. The first kappa shape index (κ1) is 25.4. The SMILES string of the molecule is CCCCC1=NC2(CCCC2)C(=O)N1Cc1ccc(-c2cc(Br)ccc2OC(C)(C)C(=O)O)cc1. The van der Waals surface area contributed by atoms with Crippen molar-refractivity contribution in [3.63, 3.8) is 0 Å². The molecule has 1 spiro atoms. The van der Waals surface area contributed by atoms with Crippen molar-refractivity contribution in [2.45, 2.75) is 83.4 Å². The van der Waals surface area contributed by atoms with Gasteiger partial charge in [0.1, 0.15) is 17.1 Å². The Morgan fingerprint density at radius 3 is 2.49 bits per heavy atom. The molecule has 2 aliphatic rings. The second-order valence-corrected chi connectivity index (χ2v) is 10.9. The van der Waals surface area contributed by atoms with Crippen LogP contribution in [-0.4, -0.2) is 38.9 Å². The fraction of sp³-hybridized carbons (Fsp3) is 0.464. The first-order valence-corrected chi connectivity index (χ1v) is 13.2. The highest BCUT2D eigenvalue weighted by Gasteiger charge is 2.49. The lowest BCUT2D eigenvalue weighted by molar-refractivity contribution is -0.152. The maximum atomic E-state index is 13.4. The van der Waals surface area contributed by atoms with Crippen molar-refractivity contribution in [1.82, 2.24) is 4.90 Å². The highest BCUT2D eigenvalue weighted by Crippen LogP contribution is 2.40. The molecule has 1 heterocycles. The molecule has 0 unspecified atom stereocenters. The number of unbranched alkanes of at least 4 members (excludes halogenated alkanes) is 1. The summed E-state index contributed by atoms with van der Waals surface area (Å²) in [7, 11) is 0. The smallest absolute Gasteiger partial charge is 0.347 e. The maximum Gasteiger partial charge on any atom is 0.347 e. The molecular weight excluding hydrogens is 508 g/mol. The number of hydrogen-bond acceptors (Lipinski definition) is 4. The van der Waals surface area contributed by atoms with Crippen LogP contribution in [0.25, 0.3) is 11.1 Å². The van der Waals surface area contributed by atoms with Crippen molar-refractivity contribution in [2.75, 3.05) is 0 Å².